The van der Waals surface area contributed by atoms with E-state index in [0.29, 0.717) is 11.8 Å². The third-order valence-corrected chi connectivity index (χ3v) is 5.25. The van der Waals surface area contributed by atoms with Crippen LogP contribution in [-0.2, 0) is 4.79 Å². The van der Waals surface area contributed by atoms with Gasteiger partial charge in [-0.25, -0.2) is 0 Å². The number of halogens is 1. The SMILES string of the molecule is CCCC1CCCN(C(=O)CC(C)C2CCNCC2)C1.Cl. The molecular formula is C17H33ClN2O. The van der Waals surface area contributed by atoms with Crippen LogP contribution in [-0.4, -0.2) is 37.0 Å². The highest BCUT2D eigenvalue weighted by atomic mass is 35.5. The molecule has 0 saturated carbocycles. The van der Waals surface area contributed by atoms with E-state index in [2.05, 4.69) is 24.1 Å². The first-order valence-electron chi connectivity index (χ1n) is 8.69. The summed E-state index contributed by atoms with van der Waals surface area (Å²) in [5.74, 6) is 2.47. The molecule has 0 aromatic carbocycles. The number of nitrogens with zero attached hydrogens (tertiary/aromatic N) is 1. The second kappa shape index (κ2) is 9.68. The molecule has 3 nitrogen and oxygen atoms in total. The van der Waals surface area contributed by atoms with Gasteiger partial charge in [0.1, 0.15) is 0 Å². The van der Waals surface area contributed by atoms with E-state index in [0.717, 1.165) is 44.4 Å². The van der Waals surface area contributed by atoms with Crippen molar-refractivity contribution >= 4 is 18.3 Å². The van der Waals surface area contributed by atoms with Crippen molar-refractivity contribution in [2.45, 2.75) is 58.8 Å². The Bertz CT molecular complexity index is 303. The van der Waals surface area contributed by atoms with Crippen molar-refractivity contribution in [2.75, 3.05) is 26.2 Å². The lowest BCUT2D eigenvalue weighted by Crippen LogP contribution is -2.41. The van der Waals surface area contributed by atoms with Crippen LogP contribution in [0.5, 0.6) is 0 Å². The Morgan fingerprint density at radius 3 is 2.67 bits per heavy atom. The average Bonchev–Trinajstić information content (AvgIpc) is 2.48. The molecule has 2 atom stereocenters. The Morgan fingerprint density at radius 2 is 2.00 bits per heavy atom. The molecule has 2 unspecified atom stereocenters. The van der Waals surface area contributed by atoms with Gasteiger partial charge in [-0.15, -0.1) is 12.4 Å². The van der Waals surface area contributed by atoms with Crippen molar-refractivity contribution in [1.82, 2.24) is 10.2 Å². The molecule has 2 fully saturated rings. The molecule has 124 valence electrons. The largest absolute Gasteiger partial charge is 0.342 e. The summed E-state index contributed by atoms with van der Waals surface area (Å²) < 4.78 is 0. The van der Waals surface area contributed by atoms with E-state index in [4.69, 9.17) is 0 Å². The highest BCUT2D eigenvalue weighted by Gasteiger charge is 2.27. The monoisotopic (exact) mass is 316 g/mol. The molecule has 0 spiro atoms. The predicted octanol–water partition coefficient (Wildman–Crippen LogP) is 3.47. The Morgan fingerprint density at radius 1 is 1.29 bits per heavy atom. The van der Waals surface area contributed by atoms with Gasteiger partial charge in [-0.05, 0) is 62.9 Å². The van der Waals surface area contributed by atoms with Crippen LogP contribution in [0.25, 0.3) is 0 Å². The van der Waals surface area contributed by atoms with Gasteiger partial charge in [-0.3, -0.25) is 4.79 Å². The van der Waals surface area contributed by atoms with Gasteiger partial charge in [0.2, 0.25) is 5.91 Å². The van der Waals surface area contributed by atoms with Gasteiger partial charge in [-0.2, -0.15) is 0 Å². The van der Waals surface area contributed by atoms with Gasteiger partial charge in [0.05, 0.1) is 0 Å². The Hall–Kier alpha value is -0.280. The van der Waals surface area contributed by atoms with Crippen molar-refractivity contribution in [2.24, 2.45) is 17.8 Å². The molecule has 0 bridgehead atoms. The number of rotatable bonds is 5. The zero-order chi connectivity index (χ0) is 14.4. The Labute approximate surface area is 136 Å². The normalized spacial score (nSPS) is 25.2. The molecule has 2 saturated heterocycles. The van der Waals surface area contributed by atoms with Gasteiger partial charge in [0.25, 0.3) is 0 Å². The van der Waals surface area contributed by atoms with Gasteiger partial charge in [-0.1, -0.05) is 20.3 Å². The maximum absolute atomic E-state index is 12.5. The molecule has 2 aliphatic rings. The third-order valence-electron chi connectivity index (χ3n) is 5.25. The fraction of sp³-hybridized carbons (Fsp3) is 0.941. The number of amides is 1. The first-order valence-corrected chi connectivity index (χ1v) is 8.69. The Kier molecular flexibility index (Phi) is 8.65. The lowest BCUT2D eigenvalue weighted by atomic mass is 9.83. The summed E-state index contributed by atoms with van der Waals surface area (Å²) in [6.45, 7) is 8.81. The zero-order valence-electron chi connectivity index (χ0n) is 13.8. The van der Waals surface area contributed by atoms with Crippen LogP contribution < -0.4 is 5.32 Å². The topological polar surface area (TPSA) is 32.3 Å². The molecule has 1 N–H and O–H groups in total. The minimum absolute atomic E-state index is 0. The molecule has 2 rings (SSSR count). The molecule has 21 heavy (non-hydrogen) atoms. The molecule has 2 heterocycles. The summed E-state index contributed by atoms with van der Waals surface area (Å²) >= 11 is 0. The van der Waals surface area contributed by atoms with E-state index >= 15 is 0 Å². The molecule has 1 amide bonds. The van der Waals surface area contributed by atoms with E-state index in [9.17, 15) is 4.79 Å². The van der Waals surface area contributed by atoms with Crippen LogP contribution >= 0.6 is 12.4 Å². The van der Waals surface area contributed by atoms with Crippen LogP contribution in [0, 0.1) is 17.8 Å². The summed E-state index contributed by atoms with van der Waals surface area (Å²) in [6.07, 6.45) is 8.31. The summed E-state index contributed by atoms with van der Waals surface area (Å²) in [4.78, 5) is 14.7. The number of nitrogens with one attached hydrogen (secondary N) is 1. The van der Waals surface area contributed by atoms with Gasteiger partial charge in [0, 0.05) is 19.5 Å². The maximum Gasteiger partial charge on any atom is 0.222 e. The number of piperidine rings is 2. The number of likely N-dealkylation sites (tertiary alicyclic amines) is 1. The zero-order valence-corrected chi connectivity index (χ0v) is 14.6. The van der Waals surface area contributed by atoms with Crippen molar-refractivity contribution in [1.29, 1.82) is 0 Å². The van der Waals surface area contributed by atoms with Gasteiger partial charge in [0.15, 0.2) is 0 Å². The van der Waals surface area contributed by atoms with E-state index < -0.39 is 0 Å². The van der Waals surface area contributed by atoms with Crippen LogP contribution in [0.4, 0.5) is 0 Å². The van der Waals surface area contributed by atoms with Gasteiger partial charge >= 0.3 is 0 Å². The lowest BCUT2D eigenvalue weighted by molar-refractivity contribution is -0.134. The smallest absolute Gasteiger partial charge is 0.222 e. The van der Waals surface area contributed by atoms with Crippen molar-refractivity contribution in [3.8, 4) is 0 Å². The molecule has 0 aromatic heterocycles. The second-order valence-corrected chi connectivity index (χ2v) is 6.91. The first-order chi connectivity index (χ1) is 9.70. The molecule has 0 aromatic rings. The van der Waals surface area contributed by atoms with Crippen molar-refractivity contribution in [3.63, 3.8) is 0 Å². The quantitative estimate of drug-likeness (QED) is 0.842. The number of carbonyl (C=O) groups excluding carboxylic acids is 1. The molecular weight excluding hydrogens is 284 g/mol. The van der Waals surface area contributed by atoms with Crippen LogP contribution in [0.15, 0.2) is 0 Å². The van der Waals surface area contributed by atoms with E-state index in [1.165, 1.54) is 38.5 Å². The van der Waals surface area contributed by atoms with Crippen LogP contribution in [0.1, 0.15) is 58.8 Å². The third kappa shape index (κ3) is 5.78. The van der Waals surface area contributed by atoms with Crippen LogP contribution in [0.3, 0.4) is 0 Å². The summed E-state index contributed by atoms with van der Waals surface area (Å²) in [6, 6.07) is 0. The van der Waals surface area contributed by atoms with Gasteiger partial charge < -0.3 is 10.2 Å². The number of hydrogen-bond acceptors (Lipinski definition) is 2. The highest BCUT2D eigenvalue weighted by molar-refractivity contribution is 5.85. The fourth-order valence-corrected chi connectivity index (χ4v) is 3.92. The number of hydrogen-bond donors (Lipinski definition) is 1. The summed E-state index contributed by atoms with van der Waals surface area (Å²) in [7, 11) is 0. The van der Waals surface area contributed by atoms with Crippen LogP contribution in [0.2, 0.25) is 0 Å². The highest BCUT2D eigenvalue weighted by Crippen LogP contribution is 2.27. The van der Waals surface area contributed by atoms with Crippen molar-refractivity contribution < 1.29 is 4.79 Å². The maximum atomic E-state index is 12.5. The standard InChI is InChI=1S/C17H32N2O.ClH/c1-3-5-15-6-4-11-19(13-15)17(20)12-14(2)16-7-9-18-10-8-16;/h14-16,18H,3-13H2,1-2H3;1H. The second-order valence-electron chi connectivity index (χ2n) is 6.91. The summed E-state index contributed by atoms with van der Waals surface area (Å²) in [5.41, 5.74) is 0. The minimum Gasteiger partial charge on any atom is -0.342 e. The Balaban J connectivity index is 0.00000220. The van der Waals surface area contributed by atoms with Crippen molar-refractivity contribution in [3.05, 3.63) is 0 Å². The molecule has 0 radical (unpaired) electrons. The fourth-order valence-electron chi connectivity index (χ4n) is 3.92. The molecule has 2 aliphatic heterocycles. The minimum atomic E-state index is 0. The average molecular weight is 317 g/mol. The first kappa shape index (κ1) is 18.8. The summed E-state index contributed by atoms with van der Waals surface area (Å²) in [5, 5.41) is 3.41. The number of carbonyl (C=O) groups is 1. The van der Waals surface area contributed by atoms with E-state index in [1.54, 1.807) is 0 Å². The lowest BCUT2D eigenvalue weighted by Gasteiger charge is -2.35. The molecule has 0 aliphatic carbocycles. The van der Waals surface area contributed by atoms with E-state index in [1.807, 2.05) is 0 Å². The molecule has 4 heteroatoms. The van der Waals surface area contributed by atoms with E-state index in [-0.39, 0.29) is 12.4 Å². The predicted molar refractivity (Wildman–Crippen MR) is 90.8 cm³/mol.